The van der Waals surface area contributed by atoms with Crippen molar-refractivity contribution >= 4 is 5.91 Å². The number of carbonyl (C=O) groups is 1. The summed E-state index contributed by atoms with van der Waals surface area (Å²) in [5.41, 5.74) is 3.24. The van der Waals surface area contributed by atoms with Crippen LogP contribution < -0.4 is 5.32 Å². The smallest absolute Gasteiger partial charge is 0.254 e. The number of hydrogen-bond donors (Lipinski definition) is 2. The lowest BCUT2D eigenvalue weighted by atomic mass is 10.1. The second-order valence-corrected chi connectivity index (χ2v) is 4.78. The maximum absolute atomic E-state index is 12.3. The number of benzene rings is 1. The topological polar surface area (TPSA) is 61.0 Å². The first-order valence-electron chi connectivity index (χ1n) is 6.30. The minimum Gasteiger partial charge on any atom is -0.347 e. The maximum Gasteiger partial charge on any atom is 0.254 e. The summed E-state index contributed by atoms with van der Waals surface area (Å²) in [6.45, 7) is 2.23. The number of H-pyrrole nitrogens is 1. The summed E-state index contributed by atoms with van der Waals surface area (Å²) in [6, 6.07) is 5.91. The number of rotatable bonds is 3. The van der Waals surface area contributed by atoms with Gasteiger partial charge < -0.3 is 15.2 Å². The van der Waals surface area contributed by atoms with E-state index in [9.17, 15) is 4.79 Å². The van der Waals surface area contributed by atoms with E-state index in [0.29, 0.717) is 6.54 Å². The van der Waals surface area contributed by atoms with Gasteiger partial charge in [0.2, 0.25) is 0 Å². The first-order valence-corrected chi connectivity index (χ1v) is 6.30. The van der Waals surface area contributed by atoms with Crippen LogP contribution in [0.4, 0.5) is 0 Å². The van der Waals surface area contributed by atoms with Gasteiger partial charge in [-0.05, 0) is 23.3 Å². The van der Waals surface area contributed by atoms with E-state index in [1.165, 1.54) is 11.1 Å². The van der Waals surface area contributed by atoms with E-state index in [4.69, 9.17) is 0 Å². The van der Waals surface area contributed by atoms with Crippen LogP contribution in [-0.4, -0.2) is 27.8 Å². The summed E-state index contributed by atoms with van der Waals surface area (Å²) in [7, 11) is 1.79. The van der Waals surface area contributed by atoms with Gasteiger partial charge in [-0.15, -0.1) is 0 Å². The molecule has 0 radical (unpaired) electrons. The molecule has 1 aromatic carbocycles. The van der Waals surface area contributed by atoms with Crippen molar-refractivity contribution in [2.24, 2.45) is 0 Å². The van der Waals surface area contributed by atoms with E-state index >= 15 is 0 Å². The second kappa shape index (κ2) is 4.85. The maximum atomic E-state index is 12.3. The van der Waals surface area contributed by atoms with Gasteiger partial charge in [-0.2, -0.15) is 0 Å². The molecule has 5 nitrogen and oxygen atoms in total. The third-order valence-corrected chi connectivity index (χ3v) is 3.37. The Kier molecular flexibility index (Phi) is 3.05. The fourth-order valence-corrected chi connectivity index (χ4v) is 2.33. The molecule has 1 aliphatic rings. The van der Waals surface area contributed by atoms with Gasteiger partial charge in [0.1, 0.15) is 5.82 Å². The molecule has 0 atom stereocenters. The molecule has 0 saturated carbocycles. The zero-order chi connectivity index (χ0) is 13.2. The van der Waals surface area contributed by atoms with Gasteiger partial charge in [0.15, 0.2) is 0 Å². The molecule has 0 saturated heterocycles. The van der Waals surface area contributed by atoms with Crippen molar-refractivity contribution in [1.29, 1.82) is 0 Å². The van der Waals surface area contributed by atoms with E-state index in [0.717, 1.165) is 24.5 Å². The first kappa shape index (κ1) is 11.9. The van der Waals surface area contributed by atoms with Crippen molar-refractivity contribution in [3.63, 3.8) is 0 Å². The fraction of sp³-hybridized carbons (Fsp3) is 0.286. The van der Waals surface area contributed by atoms with E-state index in [1.807, 2.05) is 18.2 Å². The number of nitrogens with zero attached hydrogens (tertiary/aromatic N) is 2. The largest absolute Gasteiger partial charge is 0.347 e. The van der Waals surface area contributed by atoms with Crippen LogP contribution in [0.15, 0.2) is 30.6 Å². The molecule has 1 aromatic heterocycles. The highest BCUT2D eigenvalue weighted by molar-refractivity contribution is 5.94. The lowest BCUT2D eigenvalue weighted by Crippen LogP contribution is -2.26. The number of aromatic amines is 1. The molecule has 98 valence electrons. The lowest BCUT2D eigenvalue weighted by Gasteiger charge is -2.16. The van der Waals surface area contributed by atoms with Crippen molar-refractivity contribution in [2.75, 3.05) is 7.05 Å². The highest BCUT2D eigenvalue weighted by Crippen LogP contribution is 2.18. The molecular formula is C14H16N4O. The normalized spacial score (nSPS) is 13.3. The number of hydrogen-bond acceptors (Lipinski definition) is 3. The molecule has 0 aliphatic carbocycles. The van der Waals surface area contributed by atoms with Crippen LogP contribution >= 0.6 is 0 Å². The van der Waals surface area contributed by atoms with Gasteiger partial charge in [-0.3, -0.25) is 4.79 Å². The Balaban J connectivity index is 1.76. The Morgan fingerprint density at radius 1 is 1.37 bits per heavy atom. The van der Waals surface area contributed by atoms with Crippen LogP contribution in [0.3, 0.4) is 0 Å². The van der Waals surface area contributed by atoms with E-state index in [1.54, 1.807) is 24.3 Å². The highest BCUT2D eigenvalue weighted by Gasteiger charge is 2.16. The predicted molar refractivity (Wildman–Crippen MR) is 71.4 cm³/mol. The third-order valence-electron chi connectivity index (χ3n) is 3.37. The average Bonchev–Trinajstić information content (AvgIpc) is 3.07. The number of imidazole rings is 1. The van der Waals surface area contributed by atoms with Gasteiger partial charge in [0.25, 0.3) is 5.91 Å². The molecule has 0 fully saturated rings. The molecular weight excluding hydrogens is 240 g/mol. The number of fused-ring (bicyclic) bond motifs is 1. The highest BCUT2D eigenvalue weighted by atomic mass is 16.2. The van der Waals surface area contributed by atoms with Crippen molar-refractivity contribution in [3.05, 3.63) is 53.1 Å². The van der Waals surface area contributed by atoms with E-state index in [-0.39, 0.29) is 5.91 Å². The number of nitrogens with one attached hydrogen (secondary N) is 2. The quantitative estimate of drug-likeness (QED) is 0.869. The van der Waals surface area contributed by atoms with Gasteiger partial charge in [-0.1, -0.05) is 6.07 Å². The minimum atomic E-state index is 0.0195. The number of aromatic nitrogens is 2. The number of amides is 1. The van der Waals surface area contributed by atoms with Crippen molar-refractivity contribution in [1.82, 2.24) is 20.2 Å². The summed E-state index contributed by atoms with van der Waals surface area (Å²) in [5.74, 6) is 0.810. The summed E-state index contributed by atoms with van der Waals surface area (Å²) in [6.07, 6.45) is 3.45. The average molecular weight is 256 g/mol. The summed E-state index contributed by atoms with van der Waals surface area (Å²) >= 11 is 0. The molecule has 0 unspecified atom stereocenters. The summed E-state index contributed by atoms with van der Waals surface area (Å²) < 4.78 is 0. The standard InChI is InChI=1S/C14H16N4O/c1-18(9-13-16-4-5-17-13)14(19)10-2-3-11-7-15-8-12(11)6-10/h2-6,15H,7-9H2,1H3,(H,16,17). The zero-order valence-corrected chi connectivity index (χ0v) is 10.8. The second-order valence-electron chi connectivity index (χ2n) is 4.78. The predicted octanol–water partition coefficient (Wildman–Crippen LogP) is 1.29. The molecule has 2 heterocycles. The minimum absolute atomic E-state index is 0.0195. The fourth-order valence-electron chi connectivity index (χ4n) is 2.33. The zero-order valence-electron chi connectivity index (χ0n) is 10.8. The Bertz CT molecular complexity index is 591. The molecule has 1 amide bonds. The molecule has 2 aromatic rings. The molecule has 19 heavy (non-hydrogen) atoms. The SMILES string of the molecule is CN(Cc1ncc[nH]1)C(=O)c1ccc2c(c1)CNC2. The van der Waals surface area contributed by atoms with Crippen molar-refractivity contribution in [3.8, 4) is 0 Å². The summed E-state index contributed by atoms with van der Waals surface area (Å²) in [5, 5.41) is 3.28. The van der Waals surface area contributed by atoms with Crippen molar-refractivity contribution < 1.29 is 4.79 Å². The van der Waals surface area contributed by atoms with Crippen LogP contribution in [0, 0.1) is 0 Å². The molecule has 0 spiro atoms. The van der Waals surface area contributed by atoms with Gasteiger partial charge >= 0.3 is 0 Å². The number of carbonyl (C=O) groups excluding carboxylic acids is 1. The monoisotopic (exact) mass is 256 g/mol. The first-order chi connectivity index (χ1) is 9.24. The van der Waals surface area contributed by atoms with Crippen LogP contribution in [0.2, 0.25) is 0 Å². The van der Waals surface area contributed by atoms with Crippen LogP contribution in [-0.2, 0) is 19.6 Å². The third kappa shape index (κ3) is 2.37. The van der Waals surface area contributed by atoms with Gasteiger partial charge in [0.05, 0.1) is 6.54 Å². The molecule has 3 rings (SSSR count). The van der Waals surface area contributed by atoms with Crippen LogP contribution in [0.25, 0.3) is 0 Å². The van der Waals surface area contributed by atoms with Crippen molar-refractivity contribution in [2.45, 2.75) is 19.6 Å². The van der Waals surface area contributed by atoms with Crippen LogP contribution in [0.1, 0.15) is 27.3 Å². The lowest BCUT2D eigenvalue weighted by molar-refractivity contribution is 0.0782. The van der Waals surface area contributed by atoms with Crippen LogP contribution in [0.5, 0.6) is 0 Å². The Labute approximate surface area is 111 Å². The molecule has 5 heteroatoms. The Morgan fingerprint density at radius 2 is 2.21 bits per heavy atom. The van der Waals surface area contributed by atoms with E-state index in [2.05, 4.69) is 15.3 Å². The molecule has 2 N–H and O–H groups in total. The van der Waals surface area contributed by atoms with Gasteiger partial charge in [0, 0.05) is 38.1 Å². The molecule has 0 bridgehead atoms. The van der Waals surface area contributed by atoms with Gasteiger partial charge in [-0.25, -0.2) is 4.98 Å². The Hall–Kier alpha value is -2.14. The van der Waals surface area contributed by atoms with E-state index < -0.39 is 0 Å². The summed E-state index contributed by atoms with van der Waals surface area (Å²) in [4.78, 5) is 21.1. The Morgan fingerprint density at radius 3 is 3.00 bits per heavy atom. The molecule has 1 aliphatic heterocycles.